The molecule has 2 aromatic rings. The molecule has 19 heavy (non-hydrogen) atoms. The summed E-state index contributed by atoms with van der Waals surface area (Å²) in [6.45, 7) is 1.97. The lowest BCUT2D eigenvalue weighted by molar-refractivity contribution is 0.576. The Balaban J connectivity index is 2.26. The highest BCUT2D eigenvalue weighted by atomic mass is 19.1. The van der Waals surface area contributed by atoms with Crippen LogP contribution in [-0.4, -0.2) is 4.98 Å². The molecule has 1 atom stereocenters. The third kappa shape index (κ3) is 2.99. The largest absolute Gasteiger partial charge is 0.381 e. The average Bonchev–Trinajstić information content (AvgIpc) is 2.42. The molecule has 0 radical (unpaired) electrons. The van der Waals surface area contributed by atoms with Gasteiger partial charge in [0, 0.05) is 6.07 Å². The number of pyridine rings is 1. The van der Waals surface area contributed by atoms with Crippen molar-refractivity contribution in [1.82, 2.24) is 4.98 Å². The van der Waals surface area contributed by atoms with Gasteiger partial charge in [-0.05, 0) is 12.0 Å². The normalized spacial score (nSPS) is 12.2. The van der Waals surface area contributed by atoms with Crippen LogP contribution < -0.4 is 11.1 Å². The first-order chi connectivity index (χ1) is 9.11. The van der Waals surface area contributed by atoms with Gasteiger partial charge in [0.15, 0.2) is 23.3 Å². The zero-order valence-electron chi connectivity index (χ0n) is 10.5. The molecule has 0 fully saturated rings. The zero-order valence-corrected chi connectivity index (χ0v) is 10.5. The molecular weight excluding hydrogens is 248 g/mol. The number of halogens is 2. The van der Waals surface area contributed by atoms with Crippen molar-refractivity contribution in [3.63, 3.8) is 0 Å². The molecule has 0 aliphatic heterocycles. The van der Waals surface area contributed by atoms with Crippen molar-refractivity contribution in [1.29, 1.82) is 0 Å². The van der Waals surface area contributed by atoms with Crippen LogP contribution in [0.25, 0.3) is 0 Å². The lowest BCUT2D eigenvalue weighted by atomic mass is 10.0. The van der Waals surface area contributed by atoms with Crippen LogP contribution in [-0.2, 0) is 0 Å². The topological polar surface area (TPSA) is 50.9 Å². The molecule has 0 bridgehead atoms. The summed E-state index contributed by atoms with van der Waals surface area (Å²) in [7, 11) is 0. The van der Waals surface area contributed by atoms with Gasteiger partial charge in [0.1, 0.15) is 0 Å². The van der Waals surface area contributed by atoms with E-state index in [2.05, 4.69) is 10.3 Å². The summed E-state index contributed by atoms with van der Waals surface area (Å²) in [6.07, 6.45) is 0.739. The maximum absolute atomic E-state index is 13.6. The van der Waals surface area contributed by atoms with Gasteiger partial charge in [-0.25, -0.2) is 13.8 Å². The Morgan fingerprint density at radius 1 is 1.21 bits per heavy atom. The molecule has 1 aromatic carbocycles. The SMILES string of the molecule is CCC(Nc1nc(N)c(F)cc1F)c1ccccc1. The third-order valence-electron chi connectivity index (χ3n) is 2.88. The summed E-state index contributed by atoms with van der Waals surface area (Å²) < 4.78 is 26.7. The summed E-state index contributed by atoms with van der Waals surface area (Å²) in [5, 5.41) is 2.95. The highest BCUT2D eigenvalue weighted by Gasteiger charge is 2.14. The summed E-state index contributed by atoms with van der Waals surface area (Å²) in [4.78, 5) is 3.70. The van der Waals surface area contributed by atoms with Crippen molar-refractivity contribution < 1.29 is 8.78 Å². The van der Waals surface area contributed by atoms with Crippen LogP contribution in [0.15, 0.2) is 36.4 Å². The predicted molar refractivity (Wildman–Crippen MR) is 71.7 cm³/mol. The molecule has 0 amide bonds. The minimum absolute atomic E-state index is 0.0328. The van der Waals surface area contributed by atoms with Crippen molar-refractivity contribution in [2.45, 2.75) is 19.4 Å². The number of nitrogens with zero attached hydrogens (tertiary/aromatic N) is 1. The van der Waals surface area contributed by atoms with E-state index in [1.165, 1.54) is 0 Å². The smallest absolute Gasteiger partial charge is 0.168 e. The minimum atomic E-state index is -0.851. The van der Waals surface area contributed by atoms with Gasteiger partial charge in [-0.15, -0.1) is 0 Å². The standard InChI is InChI=1S/C14H15F2N3/c1-2-12(9-6-4-3-5-7-9)18-14-11(16)8-10(15)13(17)19-14/h3-8,12H,2H2,1H3,(H3,17,18,19). The first-order valence-corrected chi connectivity index (χ1v) is 6.04. The highest BCUT2D eigenvalue weighted by Crippen LogP contribution is 2.24. The summed E-state index contributed by atoms with van der Waals surface area (Å²) in [5.74, 6) is -1.95. The Morgan fingerprint density at radius 2 is 1.89 bits per heavy atom. The van der Waals surface area contributed by atoms with Gasteiger partial charge in [0.25, 0.3) is 0 Å². The molecular formula is C14H15F2N3. The van der Waals surface area contributed by atoms with E-state index in [1.54, 1.807) is 0 Å². The molecule has 3 N–H and O–H groups in total. The van der Waals surface area contributed by atoms with Crippen molar-refractivity contribution in [3.8, 4) is 0 Å². The number of nitrogens with two attached hydrogens (primary N) is 1. The zero-order chi connectivity index (χ0) is 13.8. The molecule has 2 rings (SSSR count). The molecule has 1 aromatic heterocycles. The monoisotopic (exact) mass is 263 g/mol. The number of benzene rings is 1. The predicted octanol–water partition coefficient (Wildman–Crippen LogP) is 3.51. The van der Waals surface area contributed by atoms with Crippen LogP contribution in [0.1, 0.15) is 24.9 Å². The van der Waals surface area contributed by atoms with Gasteiger partial charge in [0.05, 0.1) is 6.04 Å². The van der Waals surface area contributed by atoms with E-state index in [1.807, 2.05) is 37.3 Å². The van der Waals surface area contributed by atoms with Gasteiger partial charge in [-0.3, -0.25) is 0 Å². The van der Waals surface area contributed by atoms with Crippen LogP contribution >= 0.6 is 0 Å². The molecule has 0 aliphatic carbocycles. The maximum Gasteiger partial charge on any atom is 0.168 e. The molecule has 5 heteroatoms. The molecule has 1 heterocycles. The van der Waals surface area contributed by atoms with Gasteiger partial charge >= 0.3 is 0 Å². The Hall–Kier alpha value is -2.17. The van der Waals surface area contributed by atoms with E-state index in [-0.39, 0.29) is 17.7 Å². The van der Waals surface area contributed by atoms with Crippen molar-refractivity contribution >= 4 is 11.6 Å². The van der Waals surface area contributed by atoms with E-state index in [0.717, 1.165) is 18.1 Å². The Morgan fingerprint density at radius 3 is 2.53 bits per heavy atom. The second-order valence-electron chi connectivity index (χ2n) is 4.20. The number of hydrogen-bond donors (Lipinski definition) is 2. The second kappa shape index (κ2) is 5.65. The number of anilines is 2. The van der Waals surface area contributed by atoms with Gasteiger partial charge in [-0.2, -0.15) is 0 Å². The van der Waals surface area contributed by atoms with Crippen molar-refractivity contribution in [2.75, 3.05) is 11.1 Å². The number of hydrogen-bond acceptors (Lipinski definition) is 3. The molecule has 1 unspecified atom stereocenters. The Kier molecular flexibility index (Phi) is 3.94. The summed E-state index contributed by atoms with van der Waals surface area (Å²) in [5.41, 5.74) is 6.36. The summed E-state index contributed by atoms with van der Waals surface area (Å²) >= 11 is 0. The summed E-state index contributed by atoms with van der Waals surface area (Å²) in [6, 6.07) is 10.2. The quantitative estimate of drug-likeness (QED) is 0.887. The van der Waals surface area contributed by atoms with Crippen LogP contribution in [0.4, 0.5) is 20.4 Å². The number of aromatic nitrogens is 1. The fourth-order valence-electron chi connectivity index (χ4n) is 1.85. The van der Waals surface area contributed by atoms with Gasteiger partial charge < -0.3 is 11.1 Å². The molecule has 3 nitrogen and oxygen atoms in total. The van der Waals surface area contributed by atoms with Crippen LogP contribution in [0, 0.1) is 11.6 Å². The van der Waals surface area contributed by atoms with E-state index in [9.17, 15) is 8.78 Å². The highest BCUT2D eigenvalue weighted by molar-refractivity contribution is 5.46. The van der Waals surface area contributed by atoms with E-state index in [0.29, 0.717) is 0 Å². The number of nitrogen functional groups attached to an aromatic ring is 1. The fraction of sp³-hybridized carbons (Fsp3) is 0.214. The Labute approximate surface area is 110 Å². The number of nitrogens with one attached hydrogen (secondary N) is 1. The number of rotatable bonds is 4. The molecule has 0 spiro atoms. The van der Waals surface area contributed by atoms with Crippen LogP contribution in [0.5, 0.6) is 0 Å². The van der Waals surface area contributed by atoms with Gasteiger partial charge in [0.2, 0.25) is 0 Å². The van der Waals surface area contributed by atoms with Gasteiger partial charge in [-0.1, -0.05) is 37.3 Å². The first-order valence-electron chi connectivity index (χ1n) is 6.04. The average molecular weight is 263 g/mol. The Bertz CT molecular complexity index is 558. The van der Waals surface area contributed by atoms with E-state index < -0.39 is 11.6 Å². The lowest BCUT2D eigenvalue weighted by Gasteiger charge is -2.18. The molecule has 0 saturated carbocycles. The van der Waals surface area contributed by atoms with E-state index >= 15 is 0 Å². The maximum atomic E-state index is 13.6. The van der Waals surface area contributed by atoms with Crippen molar-refractivity contribution in [2.24, 2.45) is 0 Å². The lowest BCUT2D eigenvalue weighted by Crippen LogP contribution is -2.13. The second-order valence-corrected chi connectivity index (χ2v) is 4.20. The molecule has 0 saturated heterocycles. The van der Waals surface area contributed by atoms with Crippen LogP contribution in [0.3, 0.4) is 0 Å². The van der Waals surface area contributed by atoms with Crippen molar-refractivity contribution in [3.05, 3.63) is 53.6 Å². The minimum Gasteiger partial charge on any atom is -0.381 e. The molecule has 0 aliphatic rings. The fourth-order valence-corrected chi connectivity index (χ4v) is 1.85. The van der Waals surface area contributed by atoms with E-state index in [4.69, 9.17) is 5.73 Å². The third-order valence-corrected chi connectivity index (χ3v) is 2.88. The molecule has 100 valence electrons. The van der Waals surface area contributed by atoms with Crippen LogP contribution in [0.2, 0.25) is 0 Å². The first kappa shape index (κ1) is 13.3.